The second-order valence-corrected chi connectivity index (χ2v) is 8.93. The Morgan fingerprint density at radius 2 is 2.00 bits per heavy atom. The van der Waals surface area contributed by atoms with Crippen molar-refractivity contribution < 1.29 is 18.7 Å². The van der Waals surface area contributed by atoms with Gasteiger partial charge >= 0.3 is 0 Å². The van der Waals surface area contributed by atoms with E-state index >= 15 is 0 Å². The van der Waals surface area contributed by atoms with Crippen LogP contribution >= 0.6 is 0 Å². The SMILES string of the molecule is COc1ccc(-c2cnc3c(NC(NC(=O)c4ccccc4)C(C)N4CCNCC4=O)nccn23)cc1F. The van der Waals surface area contributed by atoms with Gasteiger partial charge in [-0.2, -0.15) is 0 Å². The summed E-state index contributed by atoms with van der Waals surface area (Å²) >= 11 is 0. The number of fused-ring (bicyclic) bond motifs is 1. The van der Waals surface area contributed by atoms with Gasteiger partial charge in [0.15, 0.2) is 23.0 Å². The summed E-state index contributed by atoms with van der Waals surface area (Å²) in [6, 6.07) is 13.2. The number of carbonyl (C=O) groups is 2. The molecule has 3 N–H and O–H groups in total. The average molecular weight is 518 g/mol. The molecule has 10 nitrogen and oxygen atoms in total. The first-order valence-electron chi connectivity index (χ1n) is 12.2. The number of ether oxygens (including phenoxy) is 1. The quantitative estimate of drug-likeness (QED) is 0.308. The summed E-state index contributed by atoms with van der Waals surface area (Å²) in [5, 5.41) is 9.39. The lowest BCUT2D eigenvalue weighted by molar-refractivity contribution is -0.134. The Balaban J connectivity index is 1.48. The number of anilines is 1. The number of nitrogens with zero attached hydrogens (tertiary/aromatic N) is 4. The van der Waals surface area contributed by atoms with Crippen LogP contribution in [0.15, 0.2) is 67.1 Å². The average Bonchev–Trinajstić information content (AvgIpc) is 3.38. The highest BCUT2D eigenvalue weighted by Gasteiger charge is 2.31. The molecule has 1 fully saturated rings. The van der Waals surface area contributed by atoms with Gasteiger partial charge in [-0.15, -0.1) is 0 Å². The summed E-state index contributed by atoms with van der Waals surface area (Å²) < 4.78 is 21.2. The molecular formula is C27H28FN7O3. The standard InChI is InChI=1S/C27H28FN7O3/c1-17(34-12-10-29-16-23(34)36)24(33-27(37)18-6-4-3-5-7-18)32-25-26-31-15-21(35(26)13-11-30-25)19-8-9-22(38-2)20(28)14-19/h3-9,11,13-15,17,24,29H,10,12,16H2,1-2H3,(H,30,32)(H,33,37). The van der Waals surface area contributed by atoms with Crippen molar-refractivity contribution >= 4 is 23.3 Å². The van der Waals surface area contributed by atoms with E-state index in [0.29, 0.717) is 41.4 Å². The van der Waals surface area contributed by atoms with Crippen LogP contribution in [-0.4, -0.2) is 70.0 Å². The van der Waals surface area contributed by atoms with Gasteiger partial charge in [-0.05, 0) is 37.3 Å². The summed E-state index contributed by atoms with van der Waals surface area (Å²) in [5.41, 5.74) is 2.24. The Labute approximate surface area is 218 Å². The number of amides is 2. The van der Waals surface area contributed by atoms with Gasteiger partial charge in [0, 0.05) is 36.6 Å². The van der Waals surface area contributed by atoms with E-state index in [2.05, 4.69) is 25.9 Å². The van der Waals surface area contributed by atoms with Crippen LogP contribution in [0.25, 0.3) is 16.9 Å². The van der Waals surface area contributed by atoms with E-state index in [1.807, 2.05) is 13.0 Å². The van der Waals surface area contributed by atoms with E-state index in [4.69, 9.17) is 4.74 Å². The van der Waals surface area contributed by atoms with Crippen molar-refractivity contribution in [3.05, 3.63) is 78.5 Å². The number of hydrogen-bond acceptors (Lipinski definition) is 7. The van der Waals surface area contributed by atoms with E-state index in [9.17, 15) is 14.0 Å². The molecule has 0 spiro atoms. The number of imidazole rings is 1. The first-order valence-corrected chi connectivity index (χ1v) is 12.2. The van der Waals surface area contributed by atoms with Gasteiger partial charge in [0.2, 0.25) is 5.91 Å². The smallest absolute Gasteiger partial charge is 0.252 e. The number of benzene rings is 2. The zero-order valence-corrected chi connectivity index (χ0v) is 21.0. The van der Waals surface area contributed by atoms with Crippen LogP contribution in [0.4, 0.5) is 10.2 Å². The van der Waals surface area contributed by atoms with Crippen LogP contribution in [0.2, 0.25) is 0 Å². The fourth-order valence-electron chi connectivity index (χ4n) is 4.53. The fraction of sp³-hybridized carbons (Fsp3) is 0.259. The van der Waals surface area contributed by atoms with Crippen LogP contribution in [-0.2, 0) is 4.79 Å². The summed E-state index contributed by atoms with van der Waals surface area (Å²) in [6.07, 6.45) is 4.27. The van der Waals surface area contributed by atoms with Crippen molar-refractivity contribution in [3.63, 3.8) is 0 Å². The van der Waals surface area contributed by atoms with Gasteiger partial charge in [-0.3, -0.25) is 14.0 Å². The van der Waals surface area contributed by atoms with E-state index in [-0.39, 0.29) is 24.1 Å². The van der Waals surface area contributed by atoms with Crippen molar-refractivity contribution in [1.29, 1.82) is 0 Å². The lowest BCUT2D eigenvalue weighted by atomic mass is 10.1. The monoisotopic (exact) mass is 517 g/mol. The largest absolute Gasteiger partial charge is 0.494 e. The lowest BCUT2D eigenvalue weighted by Gasteiger charge is -2.38. The van der Waals surface area contributed by atoms with Gasteiger partial charge in [0.1, 0.15) is 6.17 Å². The van der Waals surface area contributed by atoms with Gasteiger partial charge in [-0.25, -0.2) is 14.4 Å². The molecule has 2 aromatic heterocycles. The molecule has 1 aliphatic rings. The number of nitrogens with one attached hydrogen (secondary N) is 3. The molecule has 2 aromatic carbocycles. The van der Waals surface area contributed by atoms with E-state index in [0.717, 1.165) is 0 Å². The van der Waals surface area contributed by atoms with E-state index < -0.39 is 18.0 Å². The van der Waals surface area contributed by atoms with Gasteiger partial charge in [0.05, 0.1) is 31.6 Å². The Kier molecular flexibility index (Phi) is 7.18. The third-order valence-electron chi connectivity index (χ3n) is 6.59. The lowest BCUT2D eigenvalue weighted by Crippen LogP contribution is -2.60. The Morgan fingerprint density at radius 3 is 2.74 bits per heavy atom. The van der Waals surface area contributed by atoms with Crippen molar-refractivity contribution in [3.8, 4) is 17.0 Å². The summed E-state index contributed by atoms with van der Waals surface area (Å²) in [6.45, 7) is 3.28. The third-order valence-corrected chi connectivity index (χ3v) is 6.59. The van der Waals surface area contributed by atoms with Crippen LogP contribution in [0.3, 0.4) is 0 Å². The predicted octanol–water partition coefficient (Wildman–Crippen LogP) is 2.53. The molecule has 0 bridgehead atoms. The highest BCUT2D eigenvalue weighted by atomic mass is 19.1. The third kappa shape index (κ3) is 5.00. The van der Waals surface area contributed by atoms with Crippen molar-refractivity contribution in [1.82, 2.24) is 29.9 Å². The molecule has 2 amide bonds. The molecular weight excluding hydrogens is 489 g/mol. The number of methoxy groups -OCH3 is 1. The van der Waals surface area contributed by atoms with Crippen molar-refractivity contribution in [2.75, 3.05) is 32.1 Å². The molecule has 2 unspecified atom stereocenters. The van der Waals surface area contributed by atoms with E-state index in [1.54, 1.807) is 64.3 Å². The fourth-order valence-corrected chi connectivity index (χ4v) is 4.53. The number of carbonyl (C=O) groups excluding carboxylic acids is 2. The molecule has 3 heterocycles. The molecule has 0 aliphatic carbocycles. The maximum absolute atomic E-state index is 14.4. The normalized spacial score (nSPS) is 15.2. The second-order valence-electron chi connectivity index (χ2n) is 8.93. The Morgan fingerprint density at radius 1 is 1.18 bits per heavy atom. The minimum absolute atomic E-state index is 0.0553. The zero-order chi connectivity index (χ0) is 26.6. The minimum Gasteiger partial charge on any atom is -0.494 e. The molecule has 0 radical (unpaired) electrons. The number of halogens is 1. The van der Waals surface area contributed by atoms with Gasteiger partial charge < -0.3 is 25.6 Å². The van der Waals surface area contributed by atoms with Crippen LogP contribution in [0.5, 0.6) is 5.75 Å². The van der Waals surface area contributed by atoms with Crippen LogP contribution < -0.4 is 20.7 Å². The Hall–Kier alpha value is -4.51. The first kappa shape index (κ1) is 25.2. The second kappa shape index (κ2) is 10.9. The zero-order valence-electron chi connectivity index (χ0n) is 21.0. The highest BCUT2D eigenvalue weighted by Crippen LogP contribution is 2.28. The molecule has 1 saturated heterocycles. The van der Waals surface area contributed by atoms with Gasteiger partial charge in [-0.1, -0.05) is 18.2 Å². The molecule has 4 aromatic rings. The maximum atomic E-state index is 14.4. The first-order chi connectivity index (χ1) is 18.5. The molecule has 38 heavy (non-hydrogen) atoms. The number of aromatic nitrogens is 3. The molecule has 5 rings (SSSR count). The van der Waals surface area contributed by atoms with Crippen molar-refractivity contribution in [2.24, 2.45) is 0 Å². The molecule has 2 atom stereocenters. The van der Waals surface area contributed by atoms with E-state index in [1.165, 1.54) is 13.2 Å². The summed E-state index contributed by atoms with van der Waals surface area (Å²) in [5.74, 6) is -0.270. The number of piperazine rings is 1. The summed E-state index contributed by atoms with van der Waals surface area (Å²) in [7, 11) is 1.41. The minimum atomic E-state index is -0.679. The molecule has 1 aliphatic heterocycles. The Bertz CT molecular complexity index is 1460. The van der Waals surface area contributed by atoms with Crippen LogP contribution in [0, 0.1) is 5.82 Å². The maximum Gasteiger partial charge on any atom is 0.252 e. The summed E-state index contributed by atoms with van der Waals surface area (Å²) in [4.78, 5) is 36.5. The van der Waals surface area contributed by atoms with Gasteiger partial charge in [0.25, 0.3) is 5.91 Å². The highest BCUT2D eigenvalue weighted by molar-refractivity contribution is 5.94. The topological polar surface area (TPSA) is 113 Å². The number of hydrogen-bond donors (Lipinski definition) is 3. The van der Waals surface area contributed by atoms with Crippen LogP contribution in [0.1, 0.15) is 17.3 Å². The number of rotatable bonds is 8. The molecule has 0 saturated carbocycles. The molecule has 11 heteroatoms. The van der Waals surface area contributed by atoms with Crippen molar-refractivity contribution in [2.45, 2.75) is 19.1 Å². The molecule has 196 valence electrons. The predicted molar refractivity (Wildman–Crippen MR) is 140 cm³/mol.